The molecule has 17 heavy (non-hydrogen) atoms. The first-order valence-corrected chi connectivity index (χ1v) is 6.90. The Labute approximate surface area is 103 Å². The standard InChI is InChI=1S/C13H23N3O/c1-2-3-6-12-15-13(17-16-12)8-7-11-5-4-9-14-10-11/h11,14H,2-10H2,1H3. The molecular weight excluding hydrogens is 214 g/mol. The van der Waals surface area contributed by atoms with Crippen LogP contribution in [0.2, 0.25) is 0 Å². The van der Waals surface area contributed by atoms with Crippen LogP contribution in [-0.4, -0.2) is 23.2 Å². The fraction of sp³-hybridized carbons (Fsp3) is 0.846. The van der Waals surface area contributed by atoms with Gasteiger partial charge >= 0.3 is 0 Å². The highest BCUT2D eigenvalue weighted by Gasteiger charge is 2.14. The van der Waals surface area contributed by atoms with E-state index in [0.717, 1.165) is 43.4 Å². The van der Waals surface area contributed by atoms with E-state index in [4.69, 9.17) is 4.52 Å². The molecule has 0 aliphatic carbocycles. The number of aromatic nitrogens is 2. The average molecular weight is 237 g/mol. The molecule has 0 saturated carbocycles. The Balaban J connectivity index is 1.72. The van der Waals surface area contributed by atoms with Gasteiger partial charge in [0.1, 0.15) is 0 Å². The number of piperidine rings is 1. The minimum absolute atomic E-state index is 0.787. The Bertz CT molecular complexity index is 318. The van der Waals surface area contributed by atoms with E-state index < -0.39 is 0 Å². The van der Waals surface area contributed by atoms with E-state index in [1.807, 2.05) is 0 Å². The van der Waals surface area contributed by atoms with Gasteiger partial charge < -0.3 is 9.84 Å². The van der Waals surface area contributed by atoms with E-state index in [1.54, 1.807) is 0 Å². The van der Waals surface area contributed by atoms with Gasteiger partial charge in [-0.25, -0.2) is 0 Å². The molecule has 2 heterocycles. The summed E-state index contributed by atoms with van der Waals surface area (Å²) in [7, 11) is 0. The summed E-state index contributed by atoms with van der Waals surface area (Å²) in [6.45, 7) is 4.51. The van der Waals surface area contributed by atoms with Crippen LogP contribution in [-0.2, 0) is 12.8 Å². The molecule has 1 aromatic rings. The number of unbranched alkanes of at least 4 members (excludes halogenated alkanes) is 1. The summed E-state index contributed by atoms with van der Waals surface area (Å²) in [5.41, 5.74) is 0. The average Bonchev–Trinajstić information content (AvgIpc) is 2.83. The van der Waals surface area contributed by atoms with Gasteiger partial charge in [0.05, 0.1) is 0 Å². The molecule has 1 unspecified atom stereocenters. The number of nitrogens with zero attached hydrogens (tertiary/aromatic N) is 2. The molecule has 1 saturated heterocycles. The maximum Gasteiger partial charge on any atom is 0.226 e. The van der Waals surface area contributed by atoms with E-state index in [0.29, 0.717) is 0 Å². The zero-order valence-electron chi connectivity index (χ0n) is 10.7. The van der Waals surface area contributed by atoms with Gasteiger partial charge in [-0.1, -0.05) is 18.5 Å². The zero-order valence-corrected chi connectivity index (χ0v) is 10.7. The van der Waals surface area contributed by atoms with Crippen molar-refractivity contribution < 1.29 is 4.52 Å². The van der Waals surface area contributed by atoms with Crippen molar-refractivity contribution in [2.45, 2.75) is 51.9 Å². The van der Waals surface area contributed by atoms with Crippen LogP contribution in [0.5, 0.6) is 0 Å². The first-order valence-electron chi connectivity index (χ1n) is 6.90. The van der Waals surface area contributed by atoms with Gasteiger partial charge in [-0.15, -0.1) is 0 Å². The molecule has 1 aromatic heterocycles. The largest absolute Gasteiger partial charge is 0.339 e. The SMILES string of the molecule is CCCCc1noc(CCC2CCCNC2)n1. The minimum Gasteiger partial charge on any atom is -0.339 e. The van der Waals surface area contributed by atoms with Crippen LogP contribution in [0.1, 0.15) is 50.7 Å². The number of hydrogen-bond donors (Lipinski definition) is 1. The highest BCUT2D eigenvalue weighted by Crippen LogP contribution is 2.16. The van der Waals surface area contributed by atoms with E-state index in [2.05, 4.69) is 22.4 Å². The number of hydrogen-bond acceptors (Lipinski definition) is 4. The Kier molecular flexibility index (Phi) is 4.98. The predicted octanol–water partition coefficient (Wildman–Crippen LogP) is 2.34. The first kappa shape index (κ1) is 12.6. The van der Waals surface area contributed by atoms with Crippen LogP contribution < -0.4 is 5.32 Å². The predicted molar refractivity (Wildman–Crippen MR) is 66.8 cm³/mol. The Morgan fingerprint density at radius 3 is 3.12 bits per heavy atom. The van der Waals surface area contributed by atoms with Crippen molar-refractivity contribution in [1.82, 2.24) is 15.5 Å². The molecule has 0 radical (unpaired) electrons. The first-order chi connectivity index (χ1) is 8.38. The molecule has 0 spiro atoms. The van der Waals surface area contributed by atoms with E-state index in [9.17, 15) is 0 Å². The van der Waals surface area contributed by atoms with Gasteiger partial charge in [0.15, 0.2) is 5.82 Å². The summed E-state index contributed by atoms with van der Waals surface area (Å²) in [6, 6.07) is 0. The maximum absolute atomic E-state index is 5.27. The summed E-state index contributed by atoms with van der Waals surface area (Å²) in [4.78, 5) is 4.43. The third-order valence-corrected chi connectivity index (χ3v) is 3.43. The third-order valence-electron chi connectivity index (χ3n) is 3.43. The van der Waals surface area contributed by atoms with Crippen molar-refractivity contribution in [2.24, 2.45) is 5.92 Å². The monoisotopic (exact) mass is 237 g/mol. The van der Waals surface area contributed by atoms with Crippen LogP contribution in [0, 0.1) is 5.92 Å². The van der Waals surface area contributed by atoms with Crippen molar-refractivity contribution in [2.75, 3.05) is 13.1 Å². The summed E-state index contributed by atoms with van der Waals surface area (Å²) in [6.07, 6.45) is 8.02. The number of rotatable bonds is 6. The molecule has 1 aliphatic rings. The zero-order chi connectivity index (χ0) is 11.9. The molecule has 1 fully saturated rings. The van der Waals surface area contributed by atoms with E-state index >= 15 is 0 Å². The fourth-order valence-corrected chi connectivity index (χ4v) is 2.33. The molecule has 96 valence electrons. The highest BCUT2D eigenvalue weighted by molar-refractivity contribution is 4.87. The molecule has 1 atom stereocenters. The van der Waals surface area contributed by atoms with Gasteiger partial charge in [0.25, 0.3) is 0 Å². The van der Waals surface area contributed by atoms with Gasteiger partial charge in [-0.05, 0) is 44.7 Å². The molecule has 1 N–H and O–H groups in total. The third kappa shape index (κ3) is 4.11. The van der Waals surface area contributed by atoms with Gasteiger partial charge in [-0.2, -0.15) is 4.98 Å². The van der Waals surface area contributed by atoms with Gasteiger partial charge in [0.2, 0.25) is 5.89 Å². The van der Waals surface area contributed by atoms with Gasteiger partial charge in [0, 0.05) is 12.8 Å². The molecule has 1 aliphatic heterocycles. The van der Waals surface area contributed by atoms with Crippen molar-refractivity contribution in [1.29, 1.82) is 0 Å². The second-order valence-electron chi connectivity index (χ2n) is 4.96. The van der Waals surface area contributed by atoms with Crippen LogP contribution in [0.4, 0.5) is 0 Å². The fourth-order valence-electron chi connectivity index (χ4n) is 2.33. The highest BCUT2D eigenvalue weighted by atomic mass is 16.5. The smallest absolute Gasteiger partial charge is 0.226 e. The van der Waals surface area contributed by atoms with Crippen molar-refractivity contribution >= 4 is 0 Å². The molecule has 0 amide bonds. The molecule has 2 rings (SSSR count). The Morgan fingerprint density at radius 1 is 1.41 bits per heavy atom. The van der Waals surface area contributed by atoms with Crippen LogP contribution in [0.25, 0.3) is 0 Å². The maximum atomic E-state index is 5.27. The molecule has 4 nitrogen and oxygen atoms in total. The normalized spacial score (nSPS) is 20.6. The second kappa shape index (κ2) is 6.74. The second-order valence-corrected chi connectivity index (χ2v) is 4.96. The summed E-state index contributed by atoms with van der Waals surface area (Å²) in [5.74, 6) is 2.49. The Hall–Kier alpha value is -0.900. The molecule has 0 bridgehead atoms. The summed E-state index contributed by atoms with van der Waals surface area (Å²) >= 11 is 0. The number of nitrogens with one attached hydrogen (secondary N) is 1. The van der Waals surface area contributed by atoms with Crippen LogP contribution >= 0.6 is 0 Å². The molecular formula is C13H23N3O. The topological polar surface area (TPSA) is 51.0 Å². The quantitative estimate of drug-likeness (QED) is 0.825. The van der Waals surface area contributed by atoms with E-state index in [1.165, 1.54) is 32.2 Å². The number of aryl methyl sites for hydroxylation is 2. The van der Waals surface area contributed by atoms with Crippen molar-refractivity contribution in [3.8, 4) is 0 Å². The summed E-state index contributed by atoms with van der Waals surface area (Å²) in [5, 5.41) is 7.45. The van der Waals surface area contributed by atoms with Gasteiger partial charge in [-0.3, -0.25) is 0 Å². The lowest BCUT2D eigenvalue weighted by molar-refractivity contribution is 0.325. The lowest BCUT2D eigenvalue weighted by Crippen LogP contribution is -2.29. The Morgan fingerprint density at radius 2 is 2.35 bits per heavy atom. The lowest BCUT2D eigenvalue weighted by atomic mass is 9.95. The lowest BCUT2D eigenvalue weighted by Gasteiger charge is -2.21. The van der Waals surface area contributed by atoms with Crippen molar-refractivity contribution in [3.05, 3.63) is 11.7 Å². The van der Waals surface area contributed by atoms with E-state index in [-0.39, 0.29) is 0 Å². The molecule has 0 aromatic carbocycles. The van der Waals surface area contributed by atoms with Crippen LogP contribution in [0.15, 0.2) is 4.52 Å². The minimum atomic E-state index is 0.787. The molecule has 4 heteroatoms. The van der Waals surface area contributed by atoms with Crippen LogP contribution in [0.3, 0.4) is 0 Å². The van der Waals surface area contributed by atoms with Crippen molar-refractivity contribution in [3.63, 3.8) is 0 Å². The summed E-state index contributed by atoms with van der Waals surface area (Å²) < 4.78 is 5.27.